The normalized spacial score (nSPS) is 31.8. The molecule has 2 heterocycles. The van der Waals surface area contributed by atoms with Crippen molar-refractivity contribution in [3.63, 3.8) is 0 Å². The highest BCUT2D eigenvalue weighted by molar-refractivity contribution is 4.75. The summed E-state index contributed by atoms with van der Waals surface area (Å²) in [7, 11) is 0. The van der Waals surface area contributed by atoms with E-state index in [4.69, 9.17) is 4.74 Å². The molecule has 0 radical (unpaired) electrons. The summed E-state index contributed by atoms with van der Waals surface area (Å²) < 4.78 is 5.66. The molecule has 0 aliphatic carbocycles. The van der Waals surface area contributed by atoms with E-state index in [9.17, 15) is 0 Å². The number of rotatable bonds is 2. The summed E-state index contributed by atoms with van der Waals surface area (Å²) in [5.74, 6) is 0. The maximum absolute atomic E-state index is 5.66. The Labute approximate surface area is 79.6 Å². The molecule has 0 aromatic heterocycles. The smallest absolute Gasteiger partial charge is 0.0826 e. The number of hydrogen-bond donors (Lipinski definition) is 2. The number of nitrogens with zero attached hydrogens (tertiary/aromatic N) is 1. The van der Waals surface area contributed by atoms with Crippen LogP contribution in [-0.2, 0) is 4.74 Å². The van der Waals surface area contributed by atoms with Crippen LogP contribution in [0.25, 0.3) is 0 Å². The molecular weight excluding hydrogens is 166 g/mol. The number of morpholine rings is 1. The standard InChI is InChI=1S/C9H19N3O/c1-4-12(5-2-10-1)8-9-7-11-3-6-13-9/h9-11H,1-8H2/t9-/m0/s1. The zero-order valence-corrected chi connectivity index (χ0v) is 8.09. The molecule has 76 valence electrons. The van der Waals surface area contributed by atoms with Crippen molar-refractivity contribution < 1.29 is 4.74 Å². The summed E-state index contributed by atoms with van der Waals surface area (Å²) in [5.41, 5.74) is 0. The summed E-state index contributed by atoms with van der Waals surface area (Å²) in [6, 6.07) is 0. The predicted octanol–water partition coefficient (Wildman–Crippen LogP) is -1.12. The number of nitrogens with one attached hydrogen (secondary N) is 2. The molecule has 0 unspecified atom stereocenters. The SMILES string of the molecule is C1CN(C[C@@H]2CNCCO2)CCN1. The van der Waals surface area contributed by atoms with Crippen molar-refractivity contribution in [1.82, 2.24) is 15.5 Å². The van der Waals surface area contributed by atoms with E-state index in [1.165, 1.54) is 13.1 Å². The lowest BCUT2D eigenvalue weighted by Gasteiger charge is -2.32. The Morgan fingerprint density at radius 2 is 2.00 bits per heavy atom. The van der Waals surface area contributed by atoms with Crippen LogP contribution < -0.4 is 10.6 Å². The second-order valence-electron chi connectivity index (χ2n) is 3.75. The van der Waals surface area contributed by atoms with Gasteiger partial charge in [-0.05, 0) is 0 Å². The number of piperazine rings is 1. The molecule has 2 aliphatic heterocycles. The summed E-state index contributed by atoms with van der Waals surface area (Å²) in [6.45, 7) is 8.58. The van der Waals surface area contributed by atoms with Crippen LogP contribution in [0, 0.1) is 0 Å². The summed E-state index contributed by atoms with van der Waals surface area (Å²) in [5, 5.41) is 6.71. The Hall–Kier alpha value is -0.160. The third kappa shape index (κ3) is 2.91. The lowest BCUT2D eigenvalue weighted by molar-refractivity contribution is 0.00360. The maximum atomic E-state index is 5.66. The molecule has 0 saturated carbocycles. The van der Waals surface area contributed by atoms with Crippen LogP contribution in [0.4, 0.5) is 0 Å². The van der Waals surface area contributed by atoms with Gasteiger partial charge < -0.3 is 15.4 Å². The fourth-order valence-corrected chi connectivity index (χ4v) is 1.92. The molecule has 1 atom stereocenters. The lowest BCUT2D eigenvalue weighted by Crippen LogP contribution is -2.50. The molecule has 0 aromatic rings. The fraction of sp³-hybridized carbons (Fsp3) is 1.00. The third-order valence-electron chi connectivity index (χ3n) is 2.68. The number of hydrogen-bond acceptors (Lipinski definition) is 4. The van der Waals surface area contributed by atoms with Crippen molar-refractivity contribution in [2.75, 3.05) is 52.4 Å². The van der Waals surface area contributed by atoms with E-state index in [0.29, 0.717) is 6.10 Å². The van der Waals surface area contributed by atoms with Gasteiger partial charge in [-0.3, -0.25) is 4.90 Å². The zero-order valence-electron chi connectivity index (χ0n) is 8.09. The van der Waals surface area contributed by atoms with Gasteiger partial charge in [0.15, 0.2) is 0 Å². The van der Waals surface area contributed by atoms with E-state index >= 15 is 0 Å². The monoisotopic (exact) mass is 185 g/mol. The fourth-order valence-electron chi connectivity index (χ4n) is 1.92. The van der Waals surface area contributed by atoms with E-state index in [1.807, 2.05) is 0 Å². The molecule has 2 aliphatic rings. The first-order chi connectivity index (χ1) is 6.45. The maximum Gasteiger partial charge on any atom is 0.0826 e. The molecule has 0 bridgehead atoms. The van der Waals surface area contributed by atoms with Gasteiger partial charge in [0.2, 0.25) is 0 Å². The predicted molar refractivity (Wildman–Crippen MR) is 51.9 cm³/mol. The molecule has 2 rings (SSSR count). The van der Waals surface area contributed by atoms with Gasteiger partial charge in [0.05, 0.1) is 12.7 Å². The van der Waals surface area contributed by atoms with Gasteiger partial charge in [-0.15, -0.1) is 0 Å². The largest absolute Gasteiger partial charge is 0.374 e. The van der Waals surface area contributed by atoms with Crippen LogP contribution in [-0.4, -0.2) is 63.4 Å². The van der Waals surface area contributed by atoms with Gasteiger partial charge in [0.1, 0.15) is 0 Å². The molecule has 4 nitrogen and oxygen atoms in total. The van der Waals surface area contributed by atoms with E-state index < -0.39 is 0 Å². The van der Waals surface area contributed by atoms with Crippen molar-refractivity contribution in [3.05, 3.63) is 0 Å². The van der Waals surface area contributed by atoms with Crippen LogP contribution in [0.3, 0.4) is 0 Å². The minimum absolute atomic E-state index is 0.409. The van der Waals surface area contributed by atoms with Crippen molar-refractivity contribution in [2.24, 2.45) is 0 Å². The Morgan fingerprint density at radius 1 is 1.15 bits per heavy atom. The molecule has 0 amide bonds. The zero-order chi connectivity index (χ0) is 8.93. The van der Waals surface area contributed by atoms with Gasteiger partial charge in [0, 0.05) is 45.8 Å². The average molecular weight is 185 g/mol. The van der Waals surface area contributed by atoms with E-state index in [1.54, 1.807) is 0 Å². The van der Waals surface area contributed by atoms with Crippen LogP contribution in [0.15, 0.2) is 0 Å². The number of ether oxygens (including phenoxy) is 1. The Balaban J connectivity index is 1.69. The molecule has 4 heteroatoms. The Bertz CT molecular complexity index is 126. The van der Waals surface area contributed by atoms with Crippen LogP contribution in [0.2, 0.25) is 0 Å². The highest BCUT2D eigenvalue weighted by Crippen LogP contribution is 2.01. The Morgan fingerprint density at radius 3 is 2.69 bits per heavy atom. The van der Waals surface area contributed by atoms with Gasteiger partial charge in [0.25, 0.3) is 0 Å². The molecule has 2 saturated heterocycles. The first-order valence-corrected chi connectivity index (χ1v) is 5.20. The third-order valence-corrected chi connectivity index (χ3v) is 2.68. The first kappa shape index (κ1) is 9.40. The van der Waals surface area contributed by atoms with E-state index in [-0.39, 0.29) is 0 Å². The van der Waals surface area contributed by atoms with E-state index in [0.717, 1.165) is 39.3 Å². The lowest BCUT2D eigenvalue weighted by atomic mass is 10.2. The van der Waals surface area contributed by atoms with Crippen LogP contribution in [0.5, 0.6) is 0 Å². The molecule has 2 N–H and O–H groups in total. The minimum Gasteiger partial charge on any atom is -0.374 e. The van der Waals surface area contributed by atoms with Gasteiger partial charge >= 0.3 is 0 Å². The van der Waals surface area contributed by atoms with E-state index in [2.05, 4.69) is 15.5 Å². The quantitative estimate of drug-likeness (QED) is 0.571. The Kier molecular flexibility index (Phi) is 3.55. The van der Waals surface area contributed by atoms with Gasteiger partial charge in [-0.2, -0.15) is 0 Å². The molecule has 13 heavy (non-hydrogen) atoms. The topological polar surface area (TPSA) is 36.5 Å². The molecule has 2 fully saturated rings. The first-order valence-electron chi connectivity index (χ1n) is 5.20. The molecule has 0 spiro atoms. The van der Waals surface area contributed by atoms with Crippen molar-refractivity contribution >= 4 is 0 Å². The highest BCUT2D eigenvalue weighted by Gasteiger charge is 2.18. The summed E-state index contributed by atoms with van der Waals surface area (Å²) in [4.78, 5) is 2.48. The summed E-state index contributed by atoms with van der Waals surface area (Å²) in [6.07, 6.45) is 0.409. The van der Waals surface area contributed by atoms with Crippen LogP contribution >= 0.6 is 0 Å². The second-order valence-corrected chi connectivity index (χ2v) is 3.75. The average Bonchev–Trinajstić information content (AvgIpc) is 2.21. The van der Waals surface area contributed by atoms with Crippen molar-refractivity contribution in [3.8, 4) is 0 Å². The second kappa shape index (κ2) is 4.91. The van der Waals surface area contributed by atoms with Gasteiger partial charge in [-0.25, -0.2) is 0 Å². The van der Waals surface area contributed by atoms with Crippen LogP contribution in [0.1, 0.15) is 0 Å². The summed E-state index contributed by atoms with van der Waals surface area (Å²) >= 11 is 0. The minimum atomic E-state index is 0.409. The van der Waals surface area contributed by atoms with Gasteiger partial charge in [-0.1, -0.05) is 0 Å². The molecule has 0 aromatic carbocycles. The van der Waals surface area contributed by atoms with Crippen molar-refractivity contribution in [2.45, 2.75) is 6.10 Å². The van der Waals surface area contributed by atoms with Crippen molar-refractivity contribution in [1.29, 1.82) is 0 Å². The highest BCUT2D eigenvalue weighted by atomic mass is 16.5. The molecular formula is C9H19N3O.